The number of fused-ring (bicyclic) bond motifs is 5. The highest BCUT2D eigenvalue weighted by Crippen LogP contribution is 2.66. The van der Waals surface area contributed by atoms with E-state index in [0.29, 0.717) is 24.3 Å². The highest BCUT2D eigenvalue weighted by Gasteiger charge is 2.59. The molecule has 4 fully saturated rings. The number of amides is 2. The number of hydrogen-bond donors (Lipinski definition) is 3. The van der Waals surface area contributed by atoms with Gasteiger partial charge in [-0.3, -0.25) is 9.63 Å². The highest BCUT2D eigenvalue weighted by atomic mass is 16.7. The number of carbonyl (C=O) groups excluding carboxylic acids is 2. The van der Waals surface area contributed by atoms with E-state index in [2.05, 4.69) is 35.7 Å². The van der Waals surface area contributed by atoms with Crippen LogP contribution < -0.4 is 10.6 Å². The number of likely N-dealkylation sites (N-methyl/N-ethyl adjacent to an activating group) is 2. The van der Waals surface area contributed by atoms with Crippen molar-refractivity contribution in [2.24, 2.45) is 39.7 Å². The molecule has 0 aromatic heterocycles. The van der Waals surface area contributed by atoms with Crippen LogP contribution in [0.1, 0.15) is 85.0 Å². The molecule has 1 heterocycles. The first kappa shape index (κ1) is 27.6. The first-order chi connectivity index (χ1) is 18.1. The van der Waals surface area contributed by atoms with Gasteiger partial charge in [0.05, 0.1) is 17.9 Å². The molecule has 0 aromatic rings. The minimum atomic E-state index is -0.447. The Bertz CT molecular complexity index is 997. The van der Waals surface area contributed by atoms with Crippen LogP contribution in [-0.4, -0.2) is 66.5 Å². The van der Waals surface area contributed by atoms with Gasteiger partial charge < -0.3 is 20.6 Å². The van der Waals surface area contributed by atoms with Crippen LogP contribution in [0, 0.1) is 34.5 Å². The zero-order valence-corrected chi connectivity index (χ0v) is 24.0. The molecule has 8 nitrogen and oxygen atoms in total. The van der Waals surface area contributed by atoms with Crippen LogP contribution in [0.25, 0.3) is 0 Å². The lowest BCUT2D eigenvalue weighted by Gasteiger charge is -2.58. The monoisotopic (exact) mass is 528 g/mol. The molecule has 3 saturated carbocycles. The summed E-state index contributed by atoms with van der Waals surface area (Å²) in [6.45, 7) is 7.46. The summed E-state index contributed by atoms with van der Waals surface area (Å²) in [4.78, 5) is 31.6. The van der Waals surface area contributed by atoms with Crippen molar-refractivity contribution in [2.75, 3.05) is 20.6 Å². The van der Waals surface area contributed by atoms with Gasteiger partial charge >= 0.3 is 6.09 Å². The molecule has 5 rings (SSSR count). The molecule has 0 bridgehead atoms. The van der Waals surface area contributed by atoms with Crippen LogP contribution in [0.4, 0.5) is 4.79 Å². The van der Waals surface area contributed by atoms with Crippen molar-refractivity contribution in [3.63, 3.8) is 0 Å². The second kappa shape index (κ2) is 10.6. The van der Waals surface area contributed by atoms with E-state index < -0.39 is 6.09 Å². The molecule has 2 amide bonds. The van der Waals surface area contributed by atoms with E-state index in [-0.39, 0.29) is 34.9 Å². The molecular weight excluding hydrogens is 480 g/mol. The van der Waals surface area contributed by atoms with Crippen LogP contribution in [0.3, 0.4) is 0 Å². The highest BCUT2D eigenvalue weighted by molar-refractivity contribution is 5.85. The molecule has 8 heteroatoms. The van der Waals surface area contributed by atoms with Crippen LogP contribution >= 0.6 is 0 Å². The SMILES string of the molecule is CNC(=O)C1CCC(CN(C)C(=O)O/N=C(\C)[C@H]2CC[C@H]3[C@@H]4CCC5=C[C@H](O)CC[C@]5(C)[C@H]4CC[C@]23C)N1. The molecule has 9 atom stereocenters. The number of allylic oxidation sites excluding steroid dienone is 1. The summed E-state index contributed by atoms with van der Waals surface area (Å²) >= 11 is 0. The van der Waals surface area contributed by atoms with E-state index in [0.717, 1.165) is 50.2 Å². The van der Waals surface area contributed by atoms with E-state index in [1.54, 1.807) is 19.0 Å². The van der Waals surface area contributed by atoms with Gasteiger partial charge in [-0.25, -0.2) is 4.79 Å². The predicted octanol–water partition coefficient (Wildman–Crippen LogP) is 4.24. The predicted molar refractivity (Wildman–Crippen MR) is 147 cm³/mol. The van der Waals surface area contributed by atoms with Gasteiger partial charge in [0.1, 0.15) is 0 Å². The Kier molecular flexibility index (Phi) is 7.68. The summed E-state index contributed by atoms with van der Waals surface area (Å²) in [5.74, 6) is 2.46. The first-order valence-electron chi connectivity index (χ1n) is 14.9. The number of nitrogens with zero attached hydrogens (tertiary/aromatic N) is 2. The van der Waals surface area contributed by atoms with Crippen molar-refractivity contribution in [1.82, 2.24) is 15.5 Å². The normalized spacial score (nSPS) is 42.4. The Hall–Kier alpha value is -1.93. The van der Waals surface area contributed by atoms with Crippen LogP contribution in [-0.2, 0) is 9.63 Å². The second-order valence-electron chi connectivity index (χ2n) is 13.4. The van der Waals surface area contributed by atoms with E-state index >= 15 is 0 Å². The maximum absolute atomic E-state index is 12.7. The molecule has 1 aliphatic heterocycles. The minimum Gasteiger partial charge on any atom is -0.389 e. The zero-order chi connectivity index (χ0) is 27.2. The Morgan fingerprint density at radius 1 is 1.13 bits per heavy atom. The van der Waals surface area contributed by atoms with Crippen LogP contribution in [0.2, 0.25) is 0 Å². The number of rotatable bonds is 5. The van der Waals surface area contributed by atoms with E-state index in [1.165, 1.54) is 31.3 Å². The van der Waals surface area contributed by atoms with E-state index in [1.807, 2.05) is 6.92 Å². The Morgan fingerprint density at radius 2 is 1.92 bits per heavy atom. The topological polar surface area (TPSA) is 103 Å². The molecule has 0 radical (unpaired) electrons. The molecule has 0 aromatic carbocycles. The zero-order valence-electron chi connectivity index (χ0n) is 24.0. The van der Waals surface area contributed by atoms with Gasteiger partial charge in [0.25, 0.3) is 0 Å². The number of aliphatic hydroxyl groups is 1. The van der Waals surface area contributed by atoms with Gasteiger partial charge in [0.15, 0.2) is 0 Å². The Labute approximate surface area is 228 Å². The second-order valence-corrected chi connectivity index (χ2v) is 13.4. The Morgan fingerprint density at radius 3 is 2.68 bits per heavy atom. The van der Waals surface area contributed by atoms with Gasteiger partial charge in [-0.2, -0.15) is 0 Å². The maximum atomic E-state index is 12.7. The van der Waals surface area contributed by atoms with E-state index in [9.17, 15) is 14.7 Å². The van der Waals surface area contributed by atoms with Crippen molar-refractivity contribution in [3.8, 4) is 0 Å². The summed E-state index contributed by atoms with van der Waals surface area (Å²) in [6.07, 6.45) is 12.2. The molecule has 1 saturated heterocycles. The third kappa shape index (κ3) is 4.80. The molecule has 3 N–H and O–H groups in total. The van der Waals surface area contributed by atoms with Crippen molar-refractivity contribution >= 4 is 17.7 Å². The Balaban J connectivity index is 1.19. The fourth-order valence-electron chi connectivity index (χ4n) is 9.39. The van der Waals surface area contributed by atoms with Gasteiger partial charge in [-0.1, -0.05) is 30.7 Å². The average Bonchev–Trinajstić information content (AvgIpc) is 3.51. The maximum Gasteiger partial charge on any atom is 0.435 e. The first-order valence-corrected chi connectivity index (χ1v) is 14.9. The van der Waals surface area contributed by atoms with Crippen LogP contribution in [0.15, 0.2) is 16.8 Å². The molecular formula is C30H48N4O4. The number of nitrogens with one attached hydrogen (secondary N) is 2. The molecule has 38 heavy (non-hydrogen) atoms. The standard InChI is InChI=1S/C30H48N4O4/c1-18(33-38-28(37)34(5)17-20-7-11-26(32-20)27(36)31-4)23-9-10-24-22-8-6-19-16-21(35)12-14-29(19,2)25(22)13-15-30(23,24)3/h16,20-26,32,35H,6-15,17H2,1-5H3,(H,31,36)/b33-18+/t20?,21-,22+,23-,24+,25+,26?,29+,30-/m1/s1. The summed E-state index contributed by atoms with van der Waals surface area (Å²) in [7, 11) is 3.37. The quantitative estimate of drug-likeness (QED) is 0.214. The smallest absolute Gasteiger partial charge is 0.389 e. The molecule has 5 aliphatic rings. The van der Waals surface area contributed by atoms with Crippen molar-refractivity contribution in [3.05, 3.63) is 11.6 Å². The summed E-state index contributed by atoms with van der Waals surface area (Å²) in [5.41, 5.74) is 2.90. The average molecular weight is 529 g/mol. The van der Waals surface area contributed by atoms with Crippen molar-refractivity contribution < 1.29 is 19.5 Å². The summed E-state index contributed by atoms with van der Waals surface area (Å²) in [5, 5.41) is 20.6. The minimum absolute atomic E-state index is 0.00729. The van der Waals surface area contributed by atoms with Crippen LogP contribution in [0.5, 0.6) is 0 Å². The van der Waals surface area contributed by atoms with E-state index in [4.69, 9.17) is 4.84 Å². The lowest BCUT2D eigenvalue weighted by atomic mass is 9.46. The van der Waals surface area contributed by atoms with Crippen molar-refractivity contribution in [1.29, 1.82) is 0 Å². The summed E-state index contributed by atoms with van der Waals surface area (Å²) in [6, 6.07) is -0.121. The largest absolute Gasteiger partial charge is 0.435 e. The number of carbonyl (C=O) groups is 2. The van der Waals surface area contributed by atoms with Gasteiger partial charge in [0.2, 0.25) is 5.91 Å². The molecule has 0 spiro atoms. The number of aliphatic hydroxyl groups excluding tert-OH is 1. The van der Waals surface area contributed by atoms with Crippen molar-refractivity contribution in [2.45, 2.75) is 103 Å². The molecule has 212 valence electrons. The third-order valence-corrected chi connectivity index (χ3v) is 11.5. The molecule has 4 aliphatic carbocycles. The van der Waals surface area contributed by atoms with Gasteiger partial charge in [0, 0.05) is 32.6 Å². The van der Waals surface area contributed by atoms with Gasteiger partial charge in [-0.05, 0) is 99.7 Å². The summed E-state index contributed by atoms with van der Waals surface area (Å²) < 4.78 is 0. The fraction of sp³-hybridized carbons (Fsp3) is 0.833. The number of oxime groups is 1. The fourth-order valence-corrected chi connectivity index (χ4v) is 9.39. The number of hydrogen-bond acceptors (Lipinski definition) is 6. The van der Waals surface area contributed by atoms with Gasteiger partial charge in [-0.15, -0.1) is 0 Å². The molecule has 2 unspecified atom stereocenters. The third-order valence-electron chi connectivity index (χ3n) is 11.5. The lowest BCUT2D eigenvalue weighted by Crippen LogP contribution is -2.51. The lowest BCUT2D eigenvalue weighted by molar-refractivity contribution is -0.122.